The molecule has 0 unspecified atom stereocenters. The maximum Gasteiger partial charge on any atom is 0.340 e. The number of phenolic OH excluding ortho intramolecular Hbond substituents is 1. The fourth-order valence-corrected chi connectivity index (χ4v) is 0.916. The standard InChI is InChI=1S/C9H6F6O2/c10-5-1-4(16)2-6(11)7(5)17-3-9(14,15)8(12)13/h1-2,8,16H,3H2. The smallest absolute Gasteiger partial charge is 0.340 e. The molecule has 0 fully saturated rings. The van der Waals surface area contributed by atoms with Crippen LogP contribution in [0.4, 0.5) is 26.3 Å². The van der Waals surface area contributed by atoms with Gasteiger partial charge in [-0.15, -0.1) is 0 Å². The van der Waals surface area contributed by atoms with Gasteiger partial charge in [0.1, 0.15) is 5.75 Å². The second-order valence-corrected chi connectivity index (χ2v) is 3.09. The molecule has 0 aromatic heterocycles. The Bertz CT molecular complexity index is 383. The minimum absolute atomic E-state index is 0.402. The van der Waals surface area contributed by atoms with Crippen LogP contribution in [0.3, 0.4) is 0 Å². The number of phenols is 1. The molecule has 0 atom stereocenters. The maximum absolute atomic E-state index is 12.9. The largest absolute Gasteiger partial charge is 0.508 e. The van der Waals surface area contributed by atoms with E-state index in [4.69, 9.17) is 5.11 Å². The number of alkyl halides is 4. The van der Waals surface area contributed by atoms with Crippen molar-refractivity contribution in [2.45, 2.75) is 12.3 Å². The van der Waals surface area contributed by atoms with Gasteiger partial charge < -0.3 is 9.84 Å². The summed E-state index contributed by atoms with van der Waals surface area (Å²) in [5, 5.41) is 8.73. The summed E-state index contributed by atoms with van der Waals surface area (Å²) >= 11 is 0. The van der Waals surface area contributed by atoms with Crippen molar-refractivity contribution in [2.75, 3.05) is 6.61 Å². The Labute approximate surface area is 91.4 Å². The van der Waals surface area contributed by atoms with Crippen molar-refractivity contribution in [2.24, 2.45) is 0 Å². The van der Waals surface area contributed by atoms with E-state index >= 15 is 0 Å². The lowest BCUT2D eigenvalue weighted by Crippen LogP contribution is -2.34. The molecule has 1 aromatic carbocycles. The van der Waals surface area contributed by atoms with Crippen molar-refractivity contribution in [3.8, 4) is 11.5 Å². The van der Waals surface area contributed by atoms with Gasteiger partial charge in [0.2, 0.25) is 0 Å². The quantitative estimate of drug-likeness (QED) is 0.843. The predicted octanol–water partition coefficient (Wildman–Crippen LogP) is 2.95. The molecule has 0 radical (unpaired) electrons. The minimum atomic E-state index is -4.52. The molecule has 0 saturated carbocycles. The van der Waals surface area contributed by atoms with E-state index in [1.54, 1.807) is 0 Å². The highest BCUT2D eigenvalue weighted by Gasteiger charge is 2.42. The molecule has 1 N–H and O–H groups in total. The summed E-state index contributed by atoms with van der Waals surface area (Å²) in [4.78, 5) is 0. The van der Waals surface area contributed by atoms with Crippen LogP contribution in [-0.4, -0.2) is 24.1 Å². The molecule has 0 bridgehead atoms. The van der Waals surface area contributed by atoms with E-state index in [9.17, 15) is 26.3 Å². The first-order valence-corrected chi connectivity index (χ1v) is 4.21. The topological polar surface area (TPSA) is 29.5 Å². The van der Waals surface area contributed by atoms with Crippen LogP contribution in [0.15, 0.2) is 12.1 Å². The first-order chi connectivity index (χ1) is 7.74. The second kappa shape index (κ2) is 4.72. The molecule has 0 spiro atoms. The van der Waals surface area contributed by atoms with Crippen molar-refractivity contribution in [1.82, 2.24) is 0 Å². The third-order valence-corrected chi connectivity index (χ3v) is 1.71. The van der Waals surface area contributed by atoms with Crippen molar-refractivity contribution in [1.29, 1.82) is 0 Å². The number of aromatic hydroxyl groups is 1. The van der Waals surface area contributed by atoms with Gasteiger partial charge in [0, 0.05) is 12.1 Å². The summed E-state index contributed by atoms with van der Waals surface area (Å²) in [6.07, 6.45) is -4.01. The molecule has 0 saturated heterocycles. The van der Waals surface area contributed by atoms with Gasteiger partial charge in [-0.05, 0) is 0 Å². The van der Waals surface area contributed by atoms with Crippen LogP contribution in [0, 0.1) is 11.6 Å². The average Bonchev–Trinajstić information content (AvgIpc) is 2.15. The average molecular weight is 260 g/mol. The van der Waals surface area contributed by atoms with Crippen molar-refractivity contribution in [3.05, 3.63) is 23.8 Å². The van der Waals surface area contributed by atoms with Gasteiger partial charge >= 0.3 is 12.3 Å². The fourth-order valence-electron chi connectivity index (χ4n) is 0.916. The number of hydrogen-bond acceptors (Lipinski definition) is 2. The van der Waals surface area contributed by atoms with E-state index in [0.29, 0.717) is 12.1 Å². The maximum atomic E-state index is 12.9. The lowest BCUT2D eigenvalue weighted by atomic mass is 10.3. The Morgan fingerprint density at radius 3 is 2.06 bits per heavy atom. The van der Waals surface area contributed by atoms with Gasteiger partial charge in [0.15, 0.2) is 24.0 Å². The highest BCUT2D eigenvalue weighted by molar-refractivity contribution is 5.34. The number of hydrogen-bond donors (Lipinski definition) is 1. The third-order valence-electron chi connectivity index (χ3n) is 1.71. The van der Waals surface area contributed by atoms with E-state index in [-0.39, 0.29) is 0 Å². The summed E-state index contributed by atoms with van der Waals surface area (Å²) in [6, 6.07) is 0.803. The second-order valence-electron chi connectivity index (χ2n) is 3.09. The first-order valence-electron chi connectivity index (χ1n) is 4.21. The zero-order valence-electron chi connectivity index (χ0n) is 8.06. The fraction of sp³-hybridized carbons (Fsp3) is 0.333. The normalized spacial score (nSPS) is 11.9. The minimum Gasteiger partial charge on any atom is -0.508 e. The van der Waals surface area contributed by atoms with Crippen LogP contribution in [0.5, 0.6) is 11.5 Å². The summed E-state index contributed by atoms with van der Waals surface area (Å²) < 4.78 is 78.1. The zero-order valence-corrected chi connectivity index (χ0v) is 8.06. The van der Waals surface area contributed by atoms with Gasteiger partial charge in [-0.2, -0.15) is 8.78 Å². The van der Waals surface area contributed by atoms with Gasteiger partial charge in [0.05, 0.1) is 0 Å². The Balaban J connectivity index is 2.83. The van der Waals surface area contributed by atoms with E-state index in [0.717, 1.165) is 0 Å². The Kier molecular flexibility index (Phi) is 3.74. The molecule has 0 amide bonds. The van der Waals surface area contributed by atoms with Crippen LogP contribution in [-0.2, 0) is 0 Å². The van der Waals surface area contributed by atoms with Gasteiger partial charge in [-0.1, -0.05) is 0 Å². The van der Waals surface area contributed by atoms with Crippen LogP contribution in [0.25, 0.3) is 0 Å². The predicted molar refractivity (Wildman–Crippen MR) is 44.5 cm³/mol. The lowest BCUT2D eigenvalue weighted by molar-refractivity contribution is -0.148. The highest BCUT2D eigenvalue weighted by atomic mass is 19.3. The van der Waals surface area contributed by atoms with Gasteiger partial charge in [-0.3, -0.25) is 0 Å². The molecule has 2 nitrogen and oxygen atoms in total. The Morgan fingerprint density at radius 2 is 1.65 bits per heavy atom. The zero-order chi connectivity index (χ0) is 13.2. The Hall–Kier alpha value is -1.60. The van der Waals surface area contributed by atoms with E-state index in [1.165, 1.54) is 0 Å². The van der Waals surface area contributed by atoms with E-state index in [1.807, 2.05) is 0 Å². The number of halogens is 6. The van der Waals surface area contributed by atoms with Crippen LogP contribution in [0.2, 0.25) is 0 Å². The van der Waals surface area contributed by atoms with Crippen LogP contribution < -0.4 is 4.74 Å². The summed E-state index contributed by atoms with van der Waals surface area (Å²) in [5.41, 5.74) is 0. The summed E-state index contributed by atoms with van der Waals surface area (Å²) in [6.45, 7) is -1.87. The van der Waals surface area contributed by atoms with Gasteiger partial charge in [-0.25, -0.2) is 17.6 Å². The SMILES string of the molecule is Oc1cc(F)c(OCC(F)(F)C(F)F)c(F)c1. The highest BCUT2D eigenvalue weighted by Crippen LogP contribution is 2.29. The molecule has 1 aromatic rings. The van der Waals surface area contributed by atoms with Crippen LogP contribution in [0.1, 0.15) is 0 Å². The molecule has 17 heavy (non-hydrogen) atoms. The molecule has 0 heterocycles. The molecule has 0 aliphatic carbocycles. The summed E-state index contributed by atoms with van der Waals surface area (Å²) in [5.74, 6) is -9.48. The number of rotatable bonds is 4. The van der Waals surface area contributed by atoms with Gasteiger partial charge in [0.25, 0.3) is 0 Å². The molecule has 96 valence electrons. The number of benzene rings is 1. The van der Waals surface area contributed by atoms with Crippen molar-refractivity contribution >= 4 is 0 Å². The van der Waals surface area contributed by atoms with Crippen molar-refractivity contribution < 1.29 is 36.2 Å². The molecule has 0 aliphatic heterocycles. The lowest BCUT2D eigenvalue weighted by Gasteiger charge is -2.16. The molecule has 8 heteroatoms. The van der Waals surface area contributed by atoms with Crippen molar-refractivity contribution in [3.63, 3.8) is 0 Å². The molecule has 0 aliphatic rings. The Morgan fingerprint density at radius 1 is 1.18 bits per heavy atom. The number of ether oxygens (including phenoxy) is 1. The third kappa shape index (κ3) is 3.18. The molecular weight excluding hydrogens is 254 g/mol. The molecular formula is C9H6F6O2. The van der Waals surface area contributed by atoms with Crippen LogP contribution >= 0.6 is 0 Å². The first kappa shape index (κ1) is 13.5. The monoisotopic (exact) mass is 260 g/mol. The molecule has 1 rings (SSSR count). The van der Waals surface area contributed by atoms with E-state index < -0.39 is 42.1 Å². The summed E-state index contributed by atoms with van der Waals surface area (Å²) in [7, 11) is 0. The van der Waals surface area contributed by atoms with E-state index in [2.05, 4.69) is 4.74 Å².